The summed E-state index contributed by atoms with van der Waals surface area (Å²) in [5.74, 6) is -1.05. The Kier molecular flexibility index (Phi) is 3.75. The van der Waals surface area contributed by atoms with Gasteiger partial charge in [-0.1, -0.05) is 6.07 Å². The van der Waals surface area contributed by atoms with E-state index in [2.05, 4.69) is 0 Å². The monoisotopic (exact) mass is 286 g/mol. The number of carbonyl (C=O) groups is 1. The molecule has 7 heteroatoms. The fraction of sp³-hybridized carbons (Fsp3) is 0.417. The Hall–Kier alpha value is -1.63. The molecule has 1 saturated heterocycles. The van der Waals surface area contributed by atoms with E-state index in [1.807, 2.05) is 0 Å². The van der Waals surface area contributed by atoms with Crippen LogP contribution in [0.15, 0.2) is 18.2 Å². The van der Waals surface area contributed by atoms with E-state index >= 15 is 0 Å². The van der Waals surface area contributed by atoms with E-state index in [1.165, 1.54) is 23.1 Å². The molecule has 0 unspecified atom stereocenters. The van der Waals surface area contributed by atoms with Gasteiger partial charge in [-0.2, -0.15) is 0 Å². The summed E-state index contributed by atoms with van der Waals surface area (Å²) in [6, 6.07) is 4.03. The summed E-state index contributed by atoms with van der Waals surface area (Å²) in [4.78, 5) is 13.6. The lowest BCUT2D eigenvalue weighted by molar-refractivity contribution is 0.0769. The average molecular weight is 286 g/mol. The van der Waals surface area contributed by atoms with Crippen LogP contribution < -0.4 is 5.73 Å². The van der Waals surface area contributed by atoms with E-state index in [4.69, 9.17) is 5.73 Å². The Bertz CT molecular complexity index is 601. The normalized spacial score (nSPS) is 18.9. The van der Waals surface area contributed by atoms with Crippen molar-refractivity contribution >= 4 is 21.4 Å². The highest BCUT2D eigenvalue weighted by Crippen LogP contribution is 2.19. The first-order valence-electron chi connectivity index (χ1n) is 5.94. The van der Waals surface area contributed by atoms with Crippen LogP contribution >= 0.6 is 0 Å². The van der Waals surface area contributed by atoms with Crippen LogP contribution in [0.2, 0.25) is 0 Å². The Morgan fingerprint density at radius 2 is 2.00 bits per heavy atom. The van der Waals surface area contributed by atoms with Gasteiger partial charge in [-0.25, -0.2) is 12.8 Å². The van der Waals surface area contributed by atoms with E-state index in [9.17, 15) is 17.6 Å². The number of rotatable bonds is 1. The van der Waals surface area contributed by atoms with Crippen LogP contribution in [-0.2, 0) is 9.84 Å². The van der Waals surface area contributed by atoms with Gasteiger partial charge in [0.15, 0.2) is 9.84 Å². The number of anilines is 1. The summed E-state index contributed by atoms with van der Waals surface area (Å²) in [6.07, 6.45) is 0.392. The maximum Gasteiger partial charge on any atom is 0.256 e. The molecule has 1 fully saturated rings. The maximum absolute atomic E-state index is 13.3. The molecule has 0 saturated carbocycles. The number of carbonyl (C=O) groups excluding carboxylic acids is 1. The van der Waals surface area contributed by atoms with Crippen molar-refractivity contribution in [3.05, 3.63) is 29.6 Å². The van der Waals surface area contributed by atoms with Gasteiger partial charge in [-0.15, -0.1) is 0 Å². The van der Waals surface area contributed by atoms with Gasteiger partial charge in [0.25, 0.3) is 5.91 Å². The third kappa shape index (κ3) is 3.04. The molecule has 1 aliphatic heterocycles. The number of amides is 1. The van der Waals surface area contributed by atoms with Gasteiger partial charge < -0.3 is 10.6 Å². The molecule has 2 rings (SSSR count). The molecular weight excluding hydrogens is 271 g/mol. The van der Waals surface area contributed by atoms with Crippen LogP contribution in [0.1, 0.15) is 16.8 Å². The molecule has 0 aliphatic carbocycles. The first-order chi connectivity index (χ1) is 8.91. The Balaban J connectivity index is 2.22. The summed E-state index contributed by atoms with van der Waals surface area (Å²) in [5.41, 5.74) is 5.43. The van der Waals surface area contributed by atoms with Crippen molar-refractivity contribution in [2.45, 2.75) is 6.42 Å². The molecule has 0 spiro atoms. The van der Waals surface area contributed by atoms with Gasteiger partial charge in [0.05, 0.1) is 22.8 Å². The third-order valence-electron chi connectivity index (χ3n) is 3.13. The third-order valence-corrected chi connectivity index (χ3v) is 4.84. The van der Waals surface area contributed by atoms with Gasteiger partial charge in [-0.3, -0.25) is 4.79 Å². The zero-order valence-corrected chi connectivity index (χ0v) is 11.1. The molecular formula is C12H15FN2O3S. The molecule has 104 valence electrons. The topological polar surface area (TPSA) is 80.5 Å². The minimum Gasteiger partial charge on any atom is -0.396 e. The summed E-state index contributed by atoms with van der Waals surface area (Å²) < 4.78 is 36.3. The van der Waals surface area contributed by atoms with E-state index in [-0.39, 0.29) is 29.3 Å². The highest BCUT2D eigenvalue weighted by molar-refractivity contribution is 7.91. The van der Waals surface area contributed by atoms with Crippen molar-refractivity contribution in [3.8, 4) is 0 Å². The van der Waals surface area contributed by atoms with E-state index < -0.39 is 21.6 Å². The van der Waals surface area contributed by atoms with Crippen molar-refractivity contribution in [1.29, 1.82) is 0 Å². The minimum absolute atomic E-state index is 0.0615. The van der Waals surface area contributed by atoms with E-state index in [1.54, 1.807) is 0 Å². The van der Waals surface area contributed by atoms with Crippen LogP contribution in [-0.4, -0.2) is 43.8 Å². The molecule has 1 aliphatic rings. The van der Waals surface area contributed by atoms with Gasteiger partial charge in [0.1, 0.15) is 5.82 Å². The number of nitrogens with two attached hydrogens (primary N) is 1. The first kappa shape index (κ1) is 13.8. The van der Waals surface area contributed by atoms with Crippen LogP contribution in [0.4, 0.5) is 10.1 Å². The number of benzene rings is 1. The molecule has 0 atom stereocenters. The highest BCUT2D eigenvalue weighted by atomic mass is 32.2. The Labute approximate surface area is 111 Å². The quantitative estimate of drug-likeness (QED) is 0.769. The lowest BCUT2D eigenvalue weighted by Gasteiger charge is -2.20. The van der Waals surface area contributed by atoms with Crippen LogP contribution in [0.25, 0.3) is 0 Å². The molecule has 1 aromatic carbocycles. The lowest BCUT2D eigenvalue weighted by Crippen LogP contribution is -2.34. The molecule has 1 amide bonds. The molecule has 5 nitrogen and oxygen atoms in total. The fourth-order valence-electron chi connectivity index (χ4n) is 2.04. The molecule has 0 aromatic heterocycles. The van der Waals surface area contributed by atoms with Crippen LogP contribution in [0.3, 0.4) is 0 Å². The molecule has 1 heterocycles. The molecule has 1 aromatic rings. The number of nitrogen functional groups attached to an aromatic ring is 1. The number of hydrogen-bond acceptors (Lipinski definition) is 4. The Morgan fingerprint density at radius 1 is 1.26 bits per heavy atom. The second-order valence-electron chi connectivity index (χ2n) is 4.50. The van der Waals surface area contributed by atoms with Gasteiger partial charge in [-0.05, 0) is 18.6 Å². The summed E-state index contributed by atoms with van der Waals surface area (Å²) in [7, 11) is -3.09. The van der Waals surface area contributed by atoms with Crippen molar-refractivity contribution in [2.24, 2.45) is 0 Å². The predicted octanol–water partition coefficient (Wildman–Crippen LogP) is 0.669. The largest absolute Gasteiger partial charge is 0.396 e. The van der Waals surface area contributed by atoms with Crippen molar-refractivity contribution in [3.63, 3.8) is 0 Å². The maximum atomic E-state index is 13.3. The summed E-state index contributed by atoms with van der Waals surface area (Å²) in [6.45, 7) is 0.463. The highest BCUT2D eigenvalue weighted by Gasteiger charge is 2.24. The lowest BCUT2D eigenvalue weighted by atomic mass is 10.1. The number of sulfone groups is 1. The first-order valence-corrected chi connectivity index (χ1v) is 7.76. The zero-order valence-electron chi connectivity index (χ0n) is 10.3. The summed E-state index contributed by atoms with van der Waals surface area (Å²) in [5, 5.41) is 0. The number of nitrogens with zero attached hydrogens (tertiary/aromatic N) is 1. The Morgan fingerprint density at radius 3 is 2.74 bits per heavy atom. The number of halogens is 1. The zero-order chi connectivity index (χ0) is 14.0. The second-order valence-corrected chi connectivity index (χ2v) is 6.80. The van der Waals surface area contributed by atoms with Gasteiger partial charge in [0.2, 0.25) is 0 Å². The van der Waals surface area contributed by atoms with Crippen molar-refractivity contribution < 1.29 is 17.6 Å². The van der Waals surface area contributed by atoms with Crippen molar-refractivity contribution in [1.82, 2.24) is 4.90 Å². The standard InChI is InChI=1S/C12H15FN2O3S/c13-10-4-1-3-9(11(10)14)12(16)15-5-2-7-19(17,18)8-6-15/h1,3-4H,2,5-8,14H2. The predicted molar refractivity (Wildman–Crippen MR) is 70.0 cm³/mol. The molecule has 0 bridgehead atoms. The second kappa shape index (κ2) is 5.16. The van der Waals surface area contributed by atoms with Crippen LogP contribution in [0, 0.1) is 5.82 Å². The average Bonchev–Trinajstić information content (AvgIpc) is 2.53. The van der Waals surface area contributed by atoms with Crippen molar-refractivity contribution in [2.75, 3.05) is 30.3 Å². The SMILES string of the molecule is Nc1c(F)cccc1C(=O)N1CCCS(=O)(=O)CC1. The smallest absolute Gasteiger partial charge is 0.256 e. The van der Waals surface area contributed by atoms with Gasteiger partial charge >= 0.3 is 0 Å². The molecule has 19 heavy (non-hydrogen) atoms. The van der Waals surface area contributed by atoms with Crippen LogP contribution in [0.5, 0.6) is 0 Å². The van der Waals surface area contributed by atoms with Gasteiger partial charge in [0, 0.05) is 13.1 Å². The van der Waals surface area contributed by atoms with E-state index in [0.717, 1.165) is 0 Å². The minimum atomic E-state index is -3.09. The van der Waals surface area contributed by atoms with E-state index in [0.29, 0.717) is 13.0 Å². The number of hydrogen-bond donors (Lipinski definition) is 1. The fourth-order valence-corrected chi connectivity index (χ4v) is 3.31. The molecule has 0 radical (unpaired) electrons. The number of para-hydroxylation sites is 1. The molecule has 2 N–H and O–H groups in total. The summed E-state index contributed by atoms with van der Waals surface area (Å²) >= 11 is 0.